The Morgan fingerprint density at radius 1 is 1.14 bits per heavy atom. The molecule has 0 saturated carbocycles. The number of hydrogen-bond acceptors (Lipinski definition) is 4. The van der Waals surface area contributed by atoms with Crippen molar-refractivity contribution in [3.8, 4) is 5.88 Å². The Bertz CT molecular complexity index is 572. The molecule has 1 N–H and O–H groups in total. The highest BCUT2D eigenvalue weighted by Crippen LogP contribution is 2.16. The van der Waals surface area contributed by atoms with E-state index in [9.17, 15) is 0 Å². The molecule has 0 amide bonds. The molecular weight excluding hydrogens is 286 g/mol. The van der Waals surface area contributed by atoms with Gasteiger partial charge in [-0.3, -0.25) is 0 Å². The minimum Gasteiger partial charge on any atom is -0.478 e. The number of aryl methyl sites for hydroxylation is 1. The molecule has 0 aliphatic rings. The first-order valence-electron chi connectivity index (χ1n) is 7.20. The number of halogens is 1. The highest BCUT2D eigenvalue weighted by atomic mass is 35.5. The van der Waals surface area contributed by atoms with Crippen molar-refractivity contribution in [2.24, 2.45) is 0 Å². The average Bonchev–Trinajstić information content (AvgIpc) is 2.52. The molecule has 0 saturated heterocycles. The standard InChI is InChI=1S/C16H20ClN3O/c1-3-9-21-16-10-15(19-14(4-2)20-16)18-11-12-5-7-13(17)8-6-12/h5-8,10H,3-4,9,11H2,1-2H3,(H,18,19,20). The molecule has 0 atom stereocenters. The third kappa shape index (κ3) is 4.90. The van der Waals surface area contributed by atoms with Crippen molar-refractivity contribution in [3.05, 3.63) is 46.7 Å². The number of rotatable bonds is 7. The smallest absolute Gasteiger partial charge is 0.218 e. The van der Waals surface area contributed by atoms with Crippen LogP contribution in [0.25, 0.3) is 0 Å². The summed E-state index contributed by atoms with van der Waals surface area (Å²) in [7, 11) is 0. The molecule has 0 aliphatic heterocycles. The predicted molar refractivity (Wildman–Crippen MR) is 86.0 cm³/mol. The number of ether oxygens (including phenoxy) is 1. The zero-order chi connectivity index (χ0) is 15.1. The first-order chi connectivity index (χ1) is 10.2. The molecule has 0 aliphatic carbocycles. The number of benzene rings is 1. The van der Waals surface area contributed by atoms with Gasteiger partial charge < -0.3 is 10.1 Å². The van der Waals surface area contributed by atoms with Crippen molar-refractivity contribution < 1.29 is 4.74 Å². The molecule has 2 rings (SSSR count). The third-order valence-corrected chi connectivity index (χ3v) is 3.16. The zero-order valence-corrected chi connectivity index (χ0v) is 13.2. The monoisotopic (exact) mass is 305 g/mol. The van der Waals surface area contributed by atoms with Gasteiger partial charge in [0.25, 0.3) is 0 Å². The summed E-state index contributed by atoms with van der Waals surface area (Å²) < 4.78 is 5.60. The Balaban J connectivity index is 2.05. The van der Waals surface area contributed by atoms with E-state index >= 15 is 0 Å². The summed E-state index contributed by atoms with van der Waals surface area (Å²) in [5, 5.41) is 4.04. The first-order valence-corrected chi connectivity index (χ1v) is 7.58. The molecule has 0 spiro atoms. The quantitative estimate of drug-likeness (QED) is 0.837. The molecule has 21 heavy (non-hydrogen) atoms. The highest BCUT2D eigenvalue weighted by molar-refractivity contribution is 6.30. The van der Waals surface area contributed by atoms with Gasteiger partial charge in [0.15, 0.2) is 0 Å². The largest absolute Gasteiger partial charge is 0.478 e. The van der Waals surface area contributed by atoms with Gasteiger partial charge in [-0.1, -0.05) is 37.6 Å². The van der Waals surface area contributed by atoms with E-state index < -0.39 is 0 Å². The van der Waals surface area contributed by atoms with Crippen molar-refractivity contribution in [2.75, 3.05) is 11.9 Å². The second-order valence-electron chi connectivity index (χ2n) is 4.69. The van der Waals surface area contributed by atoms with Gasteiger partial charge in [0.05, 0.1) is 6.61 Å². The van der Waals surface area contributed by atoms with Crippen LogP contribution in [-0.2, 0) is 13.0 Å². The van der Waals surface area contributed by atoms with Gasteiger partial charge in [-0.15, -0.1) is 0 Å². The molecular formula is C16H20ClN3O. The van der Waals surface area contributed by atoms with Gasteiger partial charge in [-0.05, 0) is 24.1 Å². The molecule has 0 bridgehead atoms. The molecule has 1 aromatic heterocycles. The molecule has 0 radical (unpaired) electrons. The molecule has 1 heterocycles. The fraction of sp³-hybridized carbons (Fsp3) is 0.375. The lowest BCUT2D eigenvalue weighted by molar-refractivity contribution is 0.304. The second kappa shape index (κ2) is 7.84. The maximum absolute atomic E-state index is 5.88. The van der Waals surface area contributed by atoms with Crippen LogP contribution in [-0.4, -0.2) is 16.6 Å². The molecule has 5 heteroatoms. The van der Waals surface area contributed by atoms with E-state index in [-0.39, 0.29) is 0 Å². The number of anilines is 1. The zero-order valence-electron chi connectivity index (χ0n) is 12.4. The van der Waals surface area contributed by atoms with Crippen LogP contribution in [0.15, 0.2) is 30.3 Å². The number of nitrogens with zero attached hydrogens (tertiary/aromatic N) is 2. The molecule has 0 unspecified atom stereocenters. The molecule has 2 aromatic rings. The van der Waals surface area contributed by atoms with E-state index in [0.29, 0.717) is 19.0 Å². The lowest BCUT2D eigenvalue weighted by Crippen LogP contribution is -2.06. The third-order valence-electron chi connectivity index (χ3n) is 2.91. The fourth-order valence-electron chi connectivity index (χ4n) is 1.80. The SMILES string of the molecule is CCCOc1cc(NCc2ccc(Cl)cc2)nc(CC)n1. The van der Waals surface area contributed by atoms with Crippen LogP contribution in [0.5, 0.6) is 5.88 Å². The Labute approximate surface area is 130 Å². The van der Waals surface area contributed by atoms with E-state index in [1.54, 1.807) is 0 Å². The van der Waals surface area contributed by atoms with Crippen molar-refractivity contribution in [1.82, 2.24) is 9.97 Å². The normalized spacial score (nSPS) is 10.4. The van der Waals surface area contributed by atoms with Gasteiger partial charge in [0.2, 0.25) is 5.88 Å². The van der Waals surface area contributed by atoms with Crippen molar-refractivity contribution in [2.45, 2.75) is 33.2 Å². The molecule has 1 aromatic carbocycles. The first kappa shape index (κ1) is 15.6. The van der Waals surface area contributed by atoms with Crippen LogP contribution in [0.2, 0.25) is 5.02 Å². The van der Waals surface area contributed by atoms with Gasteiger partial charge in [-0.2, -0.15) is 4.98 Å². The lowest BCUT2D eigenvalue weighted by Gasteiger charge is -2.10. The van der Waals surface area contributed by atoms with Crippen LogP contribution < -0.4 is 10.1 Å². The van der Waals surface area contributed by atoms with E-state index in [1.165, 1.54) is 0 Å². The van der Waals surface area contributed by atoms with Gasteiger partial charge in [0.1, 0.15) is 11.6 Å². The number of hydrogen-bond donors (Lipinski definition) is 1. The Morgan fingerprint density at radius 3 is 2.57 bits per heavy atom. The van der Waals surface area contributed by atoms with E-state index in [1.807, 2.05) is 37.3 Å². The van der Waals surface area contributed by atoms with Crippen LogP contribution in [0.1, 0.15) is 31.7 Å². The van der Waals surface area contributed by atoms with Crippen LogP contribution in [0.4, 0.5) is 5.82 Å². The summed E-state index contributed by atoms with van der Waals surface area (Å²) in [6, 6.07) is 9.58. The van der Waals surface area contributed by atoms with Crippen LogP contribution >= 0.6 is 11.6 Å². The number of nitrogens with one attached hydrogen (secondary N) is 1. The van der Waals surface area contributed by atoms with Crippen LogP contribution in [0.3, 0.4) is 0 Å². The van der Waals surface area contributed by atoms with Gasteiger partial charge >= 0.3 is 0 Å². The van der Waals surface area contributed by atoms with Crippen molar-refractivity contribution in [1.29, 1.82) is 0 Å². The van der Waals surface area contributed by atoms with Crippen LogP contribution in [0, 0.1) is 0 Å². The highest BCUT2D eigenvalue weighted by Gasteiger charge is 2.04. The fourth-order valence-corrected chi connectivity index (χ4v) is 1.92. The predicted octanol–water partition coefficient (Wildman–Crippen LogP) is 4.09. The maximum Gasteiger partial charge on any atom is 0.218 e. The molecule has 112 valence electrons. The van der Waals surface area contributed by atoms with Gasteiger partial charge in [0, 0.05) is 24.1 Å². The Hall–Kier alpha value is -1.81. The summed E-state index contributed by atoms with van der Waals surface area (Å²) in [6.07, 6.45) is 1.73. The van der Waals surface area contributed by atoms with Crippen molar-refractivity contribution >= 4 is 17.4 Å². The van der Waals surface area contributed by atoms with E-state index in [0.717, 1.165) is 35.1 Å². The minimum absolute atomic E-state index is 0.627. The molecule has 0 fully saturated rings. The Kier molecular flexibility index (Phi) is 5.81. The second-order valence-corrected chi connectivity index (χ2v) is 5.13. The summed E-state index contributed by atoms with van der Waals surface area (Å²) in [4.78, 5) is 8.83. The lowest BCUT2D eigenvalue weighted by atomic mass is 10.2. The average molecular weight is 306 g/mol. The van der Waals surface area contributed by atoms with Crippen molar-refractivity contribution in [3.63, 3.8) is 0 Å². The summed E-state index contributed by atoms with van der Waals surface area (Å²) in [6.45, 7) is 5.45. The topological polar surface area (TPSA) is 47.0 Å². The maximum atomic E-state index is 5.88. The summed E-state index contributed by atoms with van der Waals surface area (Å²) in [5.74, 6) is 2.19. The summed E-state index contributed by atoms with van der Waals surface area (Å²) in [5.41, 5.74) is 1.15. The van der Waals surface area contributed by atoms with Gasteiger partial charge in [-0.25, -0.2) is 4.98 Å². The number of aromatic nitrogens is 2. The van der Waals surface area contributed by atoms with E-state index in [2.05, 4.69) is 22.2 Å². The molecule has 4 nitrogen and oxygen atoms in total. The minimum atomic E-state index is 0.627. The Morgan fingerprint density at radius 2 is 1.90 bits per heavy atom. The summed E-state index contributed by atoms with van der Waals surface area (Å²) >= 11 is 5.88. The van der Waals surface area contributed by atoms with E-state index in [4.69, 9.17) is 16.3 Å².